The zero-order valence-electron chi connectivity index (χ0n) is 15.5. The number of carbonyl (C=O) groups excluding carboxylic acids is 1. The number of benzene rings is 1. The van der Waals surface area contributed by atoms with Gasteiger partial charge in [0.15, 0.2) is 0 Å². The fourth-order valence-electron chi connectivity index (χ4n) is 3.26. The van der Waals surface area contributed by atoms with Crippen molar-refractivity contribution in [3.63, 3.8) is 0 Å². The predicted molar refractivity (Wildman–Crippen MR) is 96.6 cm³/mol. The number of hydrogen-bond donors (Lipinski definition) is 0. The minimum absolute atomic E-state index is 0.130. The van der Waals surface area contributed by atoms with E-state index in [1.165, 1.54) is 6.42 Å². The highest BCUT2D eigenvalue weighted by Crippen LogP contribution is 2.36. The lowest BCUT2D eigenvalue weighted by Gasteiger charge is -2.32. The van der Waals surface area contributed by atoms with E-state index in [2.05, 4.69) is 0 Å². The normalized spacial score (nSPS) is 22.7. The first-order valence-corrected chi connectivity index (χ1v) is 8.97. The van der Waals surface area contributed by atoms with Crippen LogP contribution in [0.3, 0.4) is 0 Å². The van der Waals surface area contributed by atoms with Crippen LogP contribution in [0, 0.1) is 6.92 Å². The Labute approximate surface area is 145 Å². The van der Waals surface area contributed by atoms with Crippen LogP contribution in [0.15, 0.2) is 18.2 Å². The van der Waals surface area contributed by atoms with Crippen molar-refractivity contribution in [3.05, 3.63) is 29.3 Å². The van der Waals surface area contributed by atoms with Crippen LogP contribution in [0.5, 0.6) is 0 Å². The first kappa shape index (κ1) is 17.5. The molecular weight excluding hydrogens is 301 g/mol. The Kier molecular flexibility index (Phi) is 4.52. The van der Waals surface area contributed by atoms with Gasteiger partial charge in [-0.2, -0.15) is 0 Å². The second-order valence-electron chi connectivity index (χ2n) is 8.02. The van der Waals surface area contributed by atoms with Crippen molar-refractivity contribution in [2.75, 3.05) is 13.1 Å². The Morgan fingerprint density at radius 1 is 1.04 bits per heavy atom. The Bertz CT molecular complexity index is 619. The molecule has 0 aliphatic carbocycles. The van der Waals surface area contributed by atoms with E-state index in [0.29, 0.717) is 0 Å². The lowest BCUT2D eigenvalue weighted by Crippen LogP contribution is -2.41. The number of carbonyl (C=O) groups is 1. The summed E-state index contributed by atoms with van der Waals surface area (Å²) in [5, 5.41) is 0. The smallest absolute Gasteiger partial charge is 0.399 e. The molecule has 0 atom stereocenters. The zero-order chi connectivity index (χ0) is 17.5. The highest BCUT2D eigenvalue weighted by molar-refractivity contribution is 6.62. The second-order valence-corrected chi connectivity index (χ2v) is 8.02. The number of amides is 1. The predicted octanol–water partition coefficient (Wildman–Crippen LogP) is 2.92. The number of rotatable bonds is 2. The average molecular weight is 329 g/mol. The molecule has 2 heterocycles. The van der Waals surface area contributed by atoms with Crippen LogP contribution >= 0.6 is 0 Å². The molecule has 0 radical (unpaired) electrons. The highest BCUT2D eigenvalue weighted by Gasteiger charge is 2.51. The third-order valence-corrected chi connectivity index (χ3v) is 5.66. The van der Waals surface area contributed by atoms with Crippen LogP contribution in [-0.4, -0.2) is 42.2 Å². The molecule has 2 aliphatic heterocycles. The number of piperidine rings is 1. The minimum atomic E-state index is -0.427. The molecule has 24 heavy (non-hydrogen) atoms. The summed E-state index contributed by atoms with van der Waals surface area (Å²) in [6, 6.07) is 5.95. The van der Waals surface area contributed by atoms with E-state index in [0.717, 1.165) is 42.5 Å². The van der Waals surface area contributed by atoms with Gasteiger partial charge in [-0.1, -0.05) is 12.1 Å². The largest absolute Gasteiger partial charge is 0.494 e. The van der Waals surface area contributed by atoms with Crippen LogP contribution < -0.4 is 5.46 Å². The van der Waals surface area contributed by atoms with Gasteiger partial charge in [-0.05, 0) is 71.0 Å². The molecule has 130 valence electrons. The quantitative estimate of drug-likeness (QED) is 0.783. The second kappa shape index (κ2) is 6.19. The molecule has 2 fully saturated rings. The SMILES string of the molecule is Cc1ccc(B2OC(C)(C)C(C)(C)O2)cc1C(=O)N1CCCCC1. The van der Waals surface area contributed by atoms with Crippen molar-refractivity contribution in [2.45, 2.75) is 65.1 Å². The molecule has 2 saturated heterocycles. The summed E-state index contributed by atoms with van der Waals surface area (Å²) in [4.78, 5) is 14.9. The van der Waals surface area contributed by atoms with Gasteiger partial charge in [0.1, 0.15) is 0 Å². The van der Waals surface area contributed by atoms with E-state index in [-0.39, 0.29) is 17.1 Å². The number of aryl methyl sites for hydroxylation is 1. The first-order valence-electron chi connectivity index (χ1n) is 8.97. The molecule has 0 saturated carbocycles. The van der Waals surface area contributed by atoms with Gasteiger partial charge >= 0.3 is 7.12 Å². The molecule has 1 aromatic rings. The lowest BCUT2D eigenvalue weighted by atomic mass is 9.77. The minimum Gasteiger partial charge on any atom is -0.399 e. The summed E-state index contributed by atoms with van der Waals surface area (Å²) < 4.78 is 12.2. The van der Waals surface area contributed by atoms with Gasteiger partial charge in [-0.3, -0.25) is 4.79 Å². The van der Waals surface area contributed by atoms with Gasteiger partial charge in [0, 0.05) is 18.7 Å². The Balaban J connectivity index is 1.86. The summed E-state index contributed by atoms with van der Waals surface area (Å²) >= 11 is 0. The van der Waals surface area contributed by atoms with Gasteiger partial charge in [-0.25, -0.2) is 0 Å². The van der Waals surface area contributed by atoms with Crippen molar-refractivity contribution in [3.8, 4) is 0 Å². The van der Waals surface area contributed by atoms with Crippen molar-refractivity contribution in [2.24, 2.45) is 0 Å². The fraction of sp³-hybridized carbons (Fsp3) is 0.632. The standard InChI is InChI=1S/C19H28BNO3/c1-14-9-10-15(20-23-18(2,3)19(4,5)24-20)13-16(14)17(22)21-11-7-6-8-12-21/h9-10,13H,6-8,11-12H2,1-5H3. The highest BCUT2D eigenvalue weighted by atomic mass is 16.7. The van der Waals surface area contributed by atoms with Crippen LogP contribution in [0.2, 0.25) is 0 Å². The van der Waals surface area contributed by atoms with Gasteiger partial charge in [0.2, 0.25) is 0 Å². The average Bonchev–Trinajstić information content (AvgIpc) is 2.76. The van der Waals surface area contributed by atoms with Crippen LogP contribution in [0.1, 0.15) is 62.9 Å². The molecule has 1 amide bonds. The topological polar surface area (TPSA) is 38.8 Å². The molecule has 0 N–H and O–H groups in total. The number of hydrogen-bond acceptors (Lipinski definition) is 3. The van der Waals surface area contributed by atoms with Gasteiger partial charge < -0.3 is 14.2 Å². The molecule has 0 bridgehead atoms. The summed E-state index contributed by atoms with van der Waals surface area (Å²) in [6.07, 6.45) is 3.42. The number of likely N-dealkylation sites (tertiary alicyclic amines) is 1. The van der Waals surface area contributed by atoms with E-state index in [1.807, 2.05) is 57.7 Å². The van der Waals surface area contributed by atoms with E-state index in [4.69, 9.17) is 9.31 Å². The Morgan fingerprint density at radius 2 is 1.62 bits per heavy atom. The van der Waals surface area contributed by atoms with Crippen LogP contribution in [0.4, 0.5) is 0 Å². The third-order valence-electron chi connectivity index (χ3n) is 5.66. The Hall–Kier alpha value is -1.33. The van der Waals surface area contributed by atoms with Gasteiger partial charge in [-0.15, -0.1) is 0 Å². The molecular formula is C19H28BNO3. The Morgan fingerprint density at radius 3 is 2.21 bits per heavy atom. The molecule has 0 unspecified atom stereocenters. The molecule has 1 aromatic carbocycles. The van der Waals surface area contributed by atoms with Gasteiger partial charge in [0.05, 0.1) is 11.2 Å². The molecule has 0 spiro atoms. The van der Waals surface area contributed by atoms with E-state index >= 15 is 0 Å². The van der Waals surface area contributed by atoms with Crippen molar-refractivity contribution >= 4 is 18.5 Å². The fourth-order valence-corrected chi connectivity index (χ4v) is 3.26. The summed E-state index contributed by atoms with van der Waals surface area (Å²) in [6.45, 7) is 11.9. The summed E-state index contributed by atoms with van der Waals surface area (Å²) in [5.74, 6) is 0.130. The molecule has 2 aliphatic rings. The maximum absolute atomic E-state index is 12.9. The molecule has 3 rings (SSSR count). The van der Waals surface area contributed by atoms with Crippen molar-refractivity contribution < 1.29 is 14.1 Å². The summed E-state index contributed by atoms with van der Waals surface area (Å²) in [5.41, 5.74) is 1.94. The van der Waals surface area contributed by atoms with E-state index in [9.17, 15) is 4.79 Å². The monoisotopic (exact) mass is 329 g/mol. The first-order chi connectivity index (χ1) is 11.2. The molecule has 5 heteroatoms. The van der Waals surface area contributed by atoms with Gasteiger partial charge in [0.25, 0.3) is 5.91 Å². The van der Waals surface area contributed by atoms with Crippen LogP contribution in [-0.2, 0) is 9.31 Å². The maximum atomic E-state index is 12.9. The maximum Gasteiger partial charge on any atom is 0.494 e. The third kappa shape index (κ3) is 3.12. The van der Waals surface area contributed by atoms with E-state index in [1.54, 1.807) is 0 Å². The van der Waals surface area contributed by atoms with Crippen molar-refractivity contribution in [1.29, 1.82) is 0 Å². The molecule has 0 aromatic heterocycles. The summed E-state index contributed by atoms with van der Waals surface area (Å²) in [7, 11) is -0.427. The van der Waals surface area contributed by atoms with Crippen LogP contribution in [0.25, 0.3) is 0 Å². The molecule has 4 nitrogen and oxygen atoms in total. The number of nitrogens with zero attached hydrogens (tertiary/aromatic N) is 1. The van der Waals surface area contributed by atoms with E-state index < -0.39 is 7.12 Å². The zero-order valence-corrected chi connectivity index (χ0v) is 15.5. The lowest BCUT2D eigenvalue weighted by molar-refractivity contribution is 0.00578. The van der Waals surface area contributed by atoms with Crippen molar-refractivity contribution in [1.82, 2.24) is 4.90 Å².